The van der Waals surface area contributed by atoms with Gasteiger partial charge in [0.05, 0.1) is 12.3 Å². The van der Waals surface area contributed by atoms with Gasteiger partial charge >= 0.3 is 0 Å². The monoisotopic (exact) mass is 229 g/mol. The molecule has 0 unspecified atom stereocenters. The Morgan fingerprint density at radius 1 is 1.00 bits per heavy atom. The minimum Gasteiger partial charge on any atom is -0.390 e. The lowest BCUT2D eigenvalue weighted by atomic mass is 10.2. The number of aromatic nitrogens is 3. The molecule has 0 bridgehead atoms. The van der Waals surface area contributed by atoms with E-state index in [2.05, 4.69) is 15.0 Å². The van der Waals surface area contributed by atoms with Gasteiger partial charge in [0.2, 0.25) is 0 Å². The summed E-state index contributed by atoms with van der Waals surface area (Å²) in [6.07, 6.45) is 0. The molecule has 4 nitrogen and oxygen atoms in total. The number of hydrogen-bond acceptors (Lipinski definition) is 4. The number of aryl methyl sites for hydroxylation is 2. The number of aliphatic hydroxyl groups is 1. The molecule has 1 N–H and O–H groups in total. The van der Waals surface area contributed by atoms with Crippen molar-refractivity contribution in [1.82, 2.24) is 15.0 Å². The van der Waals surface area contributed by atoms with Gasteiger partial charge in [-0.05, 0) is 38.5 Å². The van der Waals surface area contributed by atoms with Crippen molar-refractivity contribution in [3.63, 3.8) is 0 Å². The molecule has 2 aromatic heterocycles. The van der Waals surface area contributed by atoms with Crippen molar-refractivity contribution in [2.45, 2.75) is 27.4 Å². The Kier molecular flexibility index (Phi) is 3.15. The smallest absolute Gasteiger partial charge is 0.178 e. The minimum atomic E-state index is -0.0718. The summed E-state index contributed by atoms with van der Waals surface area (Å²) < 4.78 is 0. The van der Waals surface area contributed by atoms with E-state index in [4.69, 9.17) is 5.11 Å². The fourth-order valence-corrected chi connectivity index (χ4v) is 1.58. The largest absolute Gasteiger partial charge is 0.390 e. The maximum atomic E-state index is 9.06. The number of rotatable bonds is 2. The summed E-state index contributed by atoms with van der Waals surface area (Å²) in [6.45, 7) is 5.86. The molecule has 0 saturated heterocycles. The van der Waals surface area contributed by atoms with Crippen LogP contribution >= 0.6 is 0 Å². The van der Waals surface area contributed by atoms with Crippen molar-refractivity contribution in [3.05, 3.63) is 40.8 Å². The van der Waals surface area contributed by atoms with Crippen molar-refractivity contribution in [2.24, 2.45) is 0 Å². The van der Waals surface area contributed by atoms with Gasteiger partial charge in [-0.15, -0.1) is 0 Å². The lowest BCUT2D eigenvalue weighted by Crippen LogP contribution is -2.01. The van der Waals surface area contributed by atoms with Crippen LogP contribution in [-0.4, -0.2) is 20.1 Å². The van der Waals surface area contributed by atoms with Gasteiger partial charge in [0, 0.05) is 11.4 Å². The van der Waals surface area contributed by atoms with Crippen LogP contribution < -0.4 is 0 Å². The van der Waals surface area contributed by atoms with Gasteiger partial charge in [-0.2, -0.15) is 0 Å². The third-order valence-corrected chi connectivity index (χ3v) is 2.83. The summed E-state index contributed by atoms with van der Waals surface area (Å²) in [7, 11) is 0. The molecule has 2 rings (SSSR count). The van der Waals surface area contributed by atoms with Crippen LogP contribution in [0.3, 0.4) is 0 Å². The summed E-state index contributed by atoms with van der Waals surface area (Å²) in [5.74, 6) is 0.612. The van der Waals surface area contributed by atoms with Crippen LogP contribution in [0.2, 0.25) is 0 Å². The van der Waals surface area contributed by atoms with E-state index in [0.717, 1.165) is 17.0 Å². The molecule has 17 heavy (non-hydrogen) atoms. The van der Waals surface area contributed by atoms with E-state index in [1.54, 1.807) is 6.07 Å². The Hall–Kier alpha value is -1.81. The topological polar surface area (TPSA) is 58.9 Å². The molecule has 0 spiro atoms. The first-order valence-electron chi connectivity index (χ1n) is 5.51. The standard InChI is InChI=1S/C13H15N3O/c1-8-9(2)14-13(15-10(8)3)12-6-4-5-11(7-17)16-12/h4-6,17H,7H2,1-3H3. The second kappa shape index (κ2) is 4.59. The molecule has 0 radical (unpaired) electrons. The number of aliphatic hydroxyl groups excluding tert-OH is 1. The van der Waals surface area contributed by atoms with Crippen LogP contribution in [0.5, 0.6) is 0 Å². The molecule has 0 atom stereocenters. The maximum Gasteiger partial charge on any atom is 0.178 e. The molecule has 0 aliphatic heterocycles. The highest BCUT2D eigenvalue weighted by molar-refractivity contribution is 5.50. The molecule has 4 heteroatoms. The SMILES string of the molecule is Cc1nc(-c2cccc(CO)n2)nc(C)c1C. The first-order chi connectivity index (χ1) is 8.11. The van der Waals surface area contributed by atoms with E-state index in [0.29, 0.717) is 17.2 Å². The van der Waals surface area contributed by atoms with E-state index in [1.807, 2.05) is 32.9 Å². The van der Waals surface area contributed by atoms with E-state index in [9.17, 15) is 0 Å². The van der Waals surface area contributed by atoms with Crippen LogP contribution in [0, 0.1) is 20.8 Å². The Bertz CT molecular complexity index is 529. The highest BCUT2D eigenvalue weighted by atomic mass is 16.3. The van der Waals surface area contributed by atoms with Gasteiger partial charge in [-0.1, -0.05) is 6.07 Å². The normalized spacial score (nSPS) is 10.6. The van der Waals surface area contributed by atoms with Crippen LogP contribution in [-0.2, 0) is 6.61 Å². The van der Waals surface area contributed by atoms with E-state index in [-0.39, 0.29) is 6.61 Å². The summed E-state index contributed by atoms with van der Waals surface area (Å²) in [5.41, 5.74) is 4.35. The second-order valence-corrected chi connectivity index (χ2v) is 4.02. The van der Waals surface area contributed by atoms with E-state index in [1.165, 1.54) is 0 Å². The Labute approximate surface area is 100 Å². The summed E-state index contributed by atoms with van der Waals surface area (Å²) in [6, 6.07) is 5.47. The van der Waals surface area contributed by atoms with Gasteiger partial charge < -0.3 is 5.11 Å². The predicted octanol–water partition coefficient (Wildman–Crippen LogP) is 1.96. The summed E-state index contributed by atoms with van der Waals surface area (Å²) in [4.78, 5) is 13.1. The first kappa shape index (κ1) is 11.7. The minimum absolute atomic E-state index is 0.0718. The van der Waals surface area contributed by atoms with Crippen molar-refractivity contribution in [2.75, 3.05) is 0 Å². The molecule has 2 heterocycles. The highest BCUT2D eigenvalue weighted by Gasteiger charge is 2.08. The predicted molar refractivity (Wildman–Crippen MR) is 65.4 cm³/mol. The fourth-order valence-electron chi connectivity index (χ4n) is 1.58. The number of pyridine rings is 1. The van der Waals surface area contributed by atoms with Gasteiger partial charge in [-0.25, -0.2) is 15.0 Å². The third-order valence-electron chi connectivity index (χ3n) is 2.83. The number of hydrogen-bond donors (Lipinski definition) is 1. The van der Waals surface area contributed by atoms with E-state index >= 15 is 0 Å². The molecular weight excluding hydrogens is 214 g/mol. The average Bonchev–Trinajstić information content (AvgIpc) is 2.35. The zero-order chi connectivity index (χ0) is 12.4. The second-order valence-electron chi connectivity index (χ2n) is 4.02. The highest BCUT2D eigenvalue weighted by Crippen LogP contribution is 2.16. The van der Waals surface area contributed by atoms with Crippen molar-refractivity contribution in [1.29, 1.82) is 0 Å². The molecule has 0 aliphatic carbocycles. The first-order valence-corrected chi connectivity index (χ1v) is 5.51. The lowest BCUT2D eigenvalue weighted by molar-refractivity contribution is 0.277. The van der Waals surface area contributed by atoms with Gasteiger partial charge in [0.15, 0.2) is 5.82 Å². The molecule has 0 aromatic carbocycles. The molecule has 0 saturated carbocycles. The Balaban J connectivity index is 2.52. The Morgan fingerprint density at radius 2 is 1.65 bits per heavy atom. The summed E-state index contributed by atoms with van der Waals surface area (Å²) >= 11 is 0. The lowest BCUT2D eigenvalue weighted by Gasteiger charge is -2.07. The van der Waals surface area contributed by atoms with Crippen LogP contribution in [0.1, 0.15) is 22.6 Å². The quantitative estimate of drug-likeness (QED) is 0.855. The Morgan fingerprint density at radius 3 is 2.24 bits per heavy atom. The van der Waals surface area contributed by atoms with E-state index < -0.39 is 0 Å². The third kappa shape index (κ3) is 2.31. The summed E-state index contributed by atoms with van der Waals surface area (Å²) in [5, 5.41) is 9.06. The van der Waals surface area contributed by atoms with Crippen molar-refractivity contribution in [3.8, 4) is 11.5 Å². The van der Waals surface area contributed by atoms with Gasteiger partial charge in [0.25, 0.3) is 0 Å². The average molecular weight is 229 g/mol. The van der Waals surface area contributed by atoms with Crippen LogP contribution in [0.15, 0.2) is 18.2 Å². The zero-order valence-corrected chi connectivity index (χ0v) is 10.2. The van der Waals surface area contributed by atoms with Crippen molar-refractivity contribution < 1.29 is 5.11 Å². The fraction of sp³-hybridized carbons (Fsp3) is 0.308. The van der Waals surface area contributed by atoms with Crippen LogP contribution in [0.4, 0.5) is 0 Å². The van der Waals surface area contributed by atoms with Gasteiger partial charge in [0.1, 0.15) is 5.69 Å². The zero-order valence-electron chi connectivity index (χ0n) is 10.2. The molecule has 2 aromatic rings. The molecule has 0 amide bonds. The molecular formula is C13H15N3O. The van der Waals surface area contributed by atoms with Crippen molar-refractivity contribution >= 4 is 0 Å². The number of nitrogens with zero attached hydrogens (tertiary/aromatic N) is 3. The van der Waals surface area contributed by atoms with Crippen LogP contribution in [0.25, 0.3) is 11.5 Å². The molecule has 0 fully saturated rings. The van der Waals surface area contributed by atoms with Gasteiger partial charge in [-0.3, -0.25) is 0 Å². The molecule has 88 valence electrons. The molecule has 0 aliphatic rings. The maximum absolute atomic E-state index is 9.06.